The maximum atomic E-state index is 12.2. The first-order chi connectivity index (χ1) is 7.60. The molecule has 2 N–H and O–H groups in total. The van der Waals surface area contributed by atoms with Gasteiger partial charge in [0.1, 0.15) is 4.90 Å². The Kier molecular flexibility index (Phi) is 4.88. The lowest BCUT2D eigenvalue weighted by atomic mass is 10.1. The van der Waals surface area contributed by atoms with Crippen LogP contribution in [0.15, 0.2) is 29.4 Å². The number of nitrogens with zero attached hydrogens (tertiary/aromatic N) is 2. The van der Waals surface area contributed by atoms with E-state index in [-0.39, 0.29) is 23.3 Å². The van der Waals surface area contributed by atoms with E-state index in [1.807, 2.05) is 0 Å². The Hall–Kier alpha value is -0.690. The molecule has 1 atom stereocenters. The second-order valence-electron chi connectivity index (χ2n) is 3.95. The van der Waals surface area contributed by atoms with E-state index in [2.05, 4.69) is 4.98 Å². The second kappa shape index (κ2) is 5.77. The third kappa shape index (κ3) is 3.16. The van der Waals surface area contributed by atoms with Crippen LogP contribution in [0.3, 0.4) is 0 Å². The number of nitrogens with two attached hydrogens (primary N) is 1. The lowest BCUT2D eigenvalue weighted by molar-refractivity contribution is 0.316. The molecule has 7 heteroatoms. The van der Waals surface area contributed by atoms with Gasteiger partial charge in [-0.15, -0.1) is 12.4 Å². The molecule has 96 valence electrons. The predicted molar refractivity (Wildman–Crippen MR) is 67.5 cm³/mol. The predicted octanol–water partition coefficient (Wildman–Crippen LogP) is 0.615. The van der Waals surface area contributed by atoms with Crippen molar-refractivity contribution >= 4 is 22.4 Å². The van der Waals surface area contributed by atoms with E-state index in [9.17, 15) is 8.42 Å². The Labute approximate surface area is 107 Å². The van der Waals surface area contributed by atoms with Crippen molar-refractivity contribution in [1.29, 1.82) is 0 Å². The number of hydrogen-bond acceptors (Lipinski definition) is 4. The molecule has 2 rings (SSSR count). The van der Waals surface area contributed by atoms with E-state index >= 15 is 0 Å². The van der Waals surface area contributed by atoms with Gasteiger partial charge in [0.05, 0.1) is 0 Å². The zero-order valence-electron chi connectivity index (χ0n) is 9.32. The number of halogens is 1. The molecule has 0 bridgehead atoms. The van der Waals surface area contributed by atoms with Gasteiger partial charge in [0.25, 0.3) is 0 Å². The fraction of sp³-hybridized carbons (Fsp3) is 0.500. The fourth-order valence-electron chi connectivity index (χ4n) is 1.84. The summed E-state index contributed by atoms with van der Waals surface area (Å²) in [5, 5.41) is 0. The lowest BCUT2D eigenvalue weighted by Gasteiger charge is -2.29. The SMILES string of the molecule is Cl.NC1CCCN(S(=O)(=O)c2cccnc2)C1. The quantitative estimate of drug-likeness (QED) is 0.860. The summed E-state index contributed by atoms with van der Waals surface area (Å²) < 4.78 is 25.8. The molecule has 0 radical (unpaired) electrons. The minimum atomic E-state index is -3.40. The molecular formula is C10H16ClN3O2S. The van der Waals surface area contributed by atoms with Crippen LogP contribution in [-0.2, 0) is 10.0 Å². The third-order valence-corrected chi connectivity index (χ3v) is 4.54. The normalized spacial score (nSPS) is 21.8. The summed E-state index contributed by atoms with van der Waals surface area (Å²) in [5.74, 6) is 0. The molecule has 0 spiro atoms. The molecule has 1 aliphatic rings. The highest BCUT2D eigenvalue weighted by Gasteiger charge is 2.28. The van der Waals surface area contributed by atoms with Crippen molar-refractivity contribution in [3.63, 3.8) is 0 Å². The van der Waals surface area contributed by atoms with Crippen LogP contribution in [0.5, 0.6) is 0 Å². The summed E-state index contributed by atoms with van der Waals surface area (Å²) in [6.45, 7) is 0.947. The number of sulfonamides is 1. The van der Waals surface area contributed by atoms with E-state index in [1.54, 1.807) is 18.3 Å². The Balaban J connectivity index is 0.00000144. The van der Waals surface area contributed by atoms with Gasteiger partial charge >= 0.3 is 0 Å². The van der Waals surface area contributed by atoms with Crippen LogP contribution < -0.4 is 5.73 Å². The van der Waals surface area contributed by atoms with Gasteiger partial charge < -0.3 is 5.73 Å². The van der Waals surface area contributed by atoms with Gasteiger partial charge in [0.2, 0.25) is 10.0 Å². The van der Waals surface area contributed by atoms with Crippen LogP contribution in [0.25, 0.3) is 0 Å². The van der Waals surface area contributed by atoms with Gasteiger partial charge in [-0.3, -0.25) is 4.98 Å². The Morgan fingerprint density at radius 2 is 2.24 bits per heavy atom. The molecule has 1 aliphatic heterocycles. The Bertz CT molecular complexity index is 452. The number of piperidine rings is 1. The summed E-state index contributed by atoms with van der Waals surface area (Å²) >= 11 is 0. The first-order valence-corrected chi connectivity index (χ1v) is 6.70. The van der Waals surface area contributed by atoms with Crippen molar-refractivity contribution in [2.24, 2.45) is 5.73 Å². The van der Waals surface area contributed by atoms with E-state index in [1.165, 1.54) is 10.5 Å². The van der Waals surface area contributed by atoms with Gasteiger partial charge in [-0.2, -0.15) is 4.31 Å². The average Bonchev–Trinajstić information content (AvgIpc) is 2.30. The molecule has 17 heavy (non-hydrogen) atoms. The number of pyridine rings is 1. The minimum absolute atomic E-state index is 0. The summed E-state index contributed by atoms with van der Waals surface area (Å²) in [6, 6.07) is 3.12. The molecule has 0 saturated carbocycles. The monoisotopic (exact) mass is 277 g/mol. The first kappa shape index (κ1) is 14.4. The van der Waals surface area contributed by atoms with Crippen LogP contribution in [0, 0.1) is 0 Å². The fourth-order valence-corrected chi connectivity index (χ4v) is 3.34. The van der Waals surface area contributed by atoms with Crippen LogP contribution in [0.1, 0.15) is 12.8 Å². The van der Waals surface area contributed by atoms with Crippen LogP contribution in [0.4, 0.5) is 0 Å². The van der Waals surface area contributed by atoms with Gasteiger partial charge in [-0.25, -0.2) is 8.42 Å². The van der Waals surface area contributed by atoms with E-state index in [4.69, 9.17) is 5.73 Å². The van der Waals surface area contributed by atoms with Gasteiger partial charge in [0.15, 0.2) is 0 Å². The van der Waals surface area contributed by atoms with E-state index < -0.39 is 10.0 Å². The molecular weight excluding hydrogens is 262 g/mol. The van der Waals surface area contributed by atoms with Crippen molar-refractivity contribution in [2.45, 2.75) is 23.8 Å². The van der Waals surface area contributed by atoms with Crippen molar-refractivity contribution in [2.75, 3.05) is 13.1 Å². The van der Waals surface area contributed by atoms with Crippen molar-refractivity contribution in [1.82, 2.24) is 9.29 Å². The molecule has 1 aromatic heterocycles. The molecule has 1 saturated heterocycles. The maximum Gasteiger partial charge on any atom is 0.244 e. The summed E-state index contributed by atoms with van der Waals surface area (Å²) in [4.78, 5) is 4.07. The van der Waals surface area contributed by atoms with Crippen LogP contribution in [0.2, 0.25) is 0 Å². The standard InChI is InChI=1S/C10H15N3O2S.ClH/c11-9-3-2-6-13(8-9)16(14,15)10-4-1-5-12-7-10;/h1,4-5,7,9H,2-3,6,8,11H2;1H. The largest absolute Gasteiger partial charge is 0.327 e. The van der Waals surface area contributed by atoms with Crippen molar-refractivity contribution in [3.05, 3.63) is 24.5 Å². The highest BCUT2D eigenvalue weighted by molar-refractivity contribution is 7.89. The van der Waals surface area contributed by atoms with Crippen molar-refractivity contribution < 1.29 is 8.42 Å². The molecule has 1 unspecified atom stereocenters. The molecule has 0 amide bonds. The summed E-state index contributed by atoms with van der Waals surface area (Å²) in [5.41, 5.74) is 5.78. The minimum Gasteiger partial charge on any atom is -0.327 e. The average molecular weight is 278 g/mol. The Morgan fingerprint density at radius 3 is 2.82 bits per heavy atom. The molecule has 0 aromatic carbocycles. The smallest absolute Gasteiger partial charge is 0.244 e. The van der Waals surface area contributed by atoms with Gasteiger partial charge in [-0.1, -0.05) is 0 Å². The highest BCUT2D eigenvalue weighted by Crippen LogP contribution is 2.18. The Morgan fingerprint density at radius 1 is 1.47 bits per heavy atom. The molecule has 2 heterocycles. The molecule has 5 nitrogen and oxygen atoms in total. The topological polar surface area (TPSA) is 76.3 Å². The second-order valence-corrected chi connectivity index (χ2v) is 5.89. The lowest BCUT2D eigenvalue weighted by Crippen LogP contribution is -2.45. The van der Waals surface area contributed by atoms with Crippen LogP contribution in [-0.4, -0.2) is 36.8 Å². The van der Waals surface area contributed by atoms with Crippen molar-refractivity contribution in [3.8, 4) is 0 Å². The number of rotatable bonds is 2. The number of aromatic nitrogens is 1. The summed E-state index contributed by atoms with van der Waals surface area (Å²) in [6.07, 6.45) is 4.64. The van der Waals surface area contributed by atoms with E-state index in [0.717, 1.165) is 12.8 Å². The van der Waals surface area contributed by atoms with Crippen LogP contribution >= 0.6 is 12.4 Å². The maximum absolute atomic E-state index is 12.2. The van der Waals surface area contributed by atoms with E-state index in [0.29, 0.717) is 13.1 Å². The van der Waals surface area contributed by atoms with Gasteiger partial charge in [-0.05, 0) is 25.0 Å². The van der Waals surface area contributed by atoms with Gasteiger partial charge in [0, 0.05) is 31.5 Å². The number of hydrogen-bond donors (Lipinski definition) is 1. The molecule has 1 fully saturated rings. The highest BCUT2D eigenvalue weighted by atomic mass is 35.5. The zero-order valence-corrected chi connectivity index (χ0v) is 11.0. The molecule has 0 aliphatic carbocycles. The first-order valence-electron chi connectivity index (χ1n) is 5.26. The molecule has 1 aromatic rings. The zero-order chi connectivity index (χ0) is 11.6. The summed E-state index contributed by atoms with van der Waals surface area (Å²) in [7, 11) is -3.40. The third-order valence-electron chi connectivity index (χ3n) is 2.69.